The van der Waals surface area contributed by atoms with E-state index in [0.717, 1.165) is 37.6 Å². The molecule has 1 fully saturated rings. The number of anilines is 1. The van der Waals surface area contributed by atoms with Gasteiger partial charge in [-0.25, -0.2) is 14.4 Å². The first-order valence-electron chi connectivity index (χ1n) is 8.25. The van der Waals surface area contributed by atoms with Crippen molar-refractivity contribution in [2.24, 2.45) is 0 Å². The van der Waals surface area contributed by atoms with Gasteiger partial charge >= 0.3 is 0 Å². The van der Waals surface area contributed by atoms with Gasteiger partial charge in [-0.3, -0.25) is 9.69 Å². The van der Waals surface area contributed by atoms with Gasteiger partial charge in [0.25, 0.3) is 0 Å². The highest BCUT2D eigenvalue weighted by Crippen LogP contribution is 2.20. The Morgan fingerprint density at radius 2 is 1.92 bits per heavy atom. The van der Waals surface area contributed by atoms with Crippen LogP contribution in [0.15, 0.2) is 42.9 Å². The molecule has 4 rings (SSSR count). The van der Waals surface area contributed by atoms with E-state index in [4.69, 9.17) is 0 Å². The second kappa shape index (κ2) is 6.60. The average molecular weight is 339 g/mol. The van der Waals surface area contributed by atoms with Crippen molar-refractivity contribution in [3.63, 3.8) is 0 Å². The molecule has 0 spiro atoms. The van der Waals surface area contributed by atoms with Crippen molar-refractivity contribution in [2.45, 2.75) is 0 Å². The van der Waals surface area contributed by atoms with Crippen molar-refractivity contribution in [3.05, 3.63) is 54.2 Å². The maximum Gasteiger partial charge on any atom is 0.225 e. The van der Waals surface area contributed by atoms with E-state index in [1.54, 1.807) is 30.7 Å². The van der Waals surface area contributed by atoms with E-state index >= 15 is 0 Å². The molecule has 1 saturated heterocycles. The highest BCUT2D eigenvalue weighted by atomic mass is 19.1. The lowest BCUT2D eigenvalue weighted by atomic mass is 10.1. The normalized spacial score (nSPS) is 15.6. The number of carbonyl (C=O) groups is 1. The molecule has 1 aliphatic heterocycles. The minimum absolute atomic E-state index is 0.00117. The molecule has 3 heterocycles. The predicted octanol–water partition coefficient (Wildman–Crippen LogP) is 2.10. The fraction of sp³-hybridized carbons (Fsp3) is 0.278. The van der Waals surface area contributed by atoms with Crippen molar-refractivity contribution in [2.75, 3.05) is 37.6 Å². The van der Waals surface area contributed by atoms with E-state index in [1.807, 2.05) is 0 Å². The number of hydrogen-bond donors (Lipinski definition) is 1. The monoisotopic (exact) mass is 339 g/mol. The van der Waals surface area contributed by atoms with Gasteiger partial charge in [0.15, 0.2) is 5.78 Å². The van der Waals surface area contributed by atoms with Crippen LogP contribution in [0.3, 0.4) is 0 Å². The molecule has 6 nitrogen and oxygen atoms in total. The number of aromatic nitrogens is 3. The molecule has 1 aromatic carbocycles. The molecule has 0 amide bonds. The Morgan fingerprint density at radius 1 is 1.16 bits per heavy atom. The molecule has 7 heteroatoms. The third kappa shape index (κ3) is 3.23. The quantitative estimate of drug-likeness (QED) is 0.738. The number of halogens is 1. The number of carbonyl (C=O) groups excluding carboxylic acids is 1. The Hall–Kier alpha value is -2.80. The third-order valence-corrected chi connectivity index (χ3v) is 4.52. The van der Waals surface area contributed by atoms with Gasteiger partial charge < -0.3 is 9.88 Å². The van der Waals surface area contributed by atoms with Crippen molar-refractivity contribution in [3.8, 4) is 0 Å². The SMILES string of the molecule is O=C(CN1CCN(c2ncccn2)CC1)c1c[nH]c2ccc(F)cc12. The Bertz CT molecular complexity index is 887. The number of nitrogens with one attached hydrogen (secondary N) is 1. The van der Waals surface area contributed by atoms with Gasteiger partial charge in [0.05, 0.1) is 6.54 Å². The van der Waals surface area contributed by atoms with E-state index in [0.29, 0.717) is 17.5 Å². The number of aromatic amines is 1. The first-order chi connectivity index (χ1) is 12.2. The minimum Gasteiger partial charge on any atom is -0.360 e. The number of piperazine rings is 1. The Balaban J connectivity index is 1.41. The van der Waals surface area contributed by atoms with Gasteiger partial charge in [-0.2, -0.15) is 0 Å². The highest BCUT2D eigenvalue weighted by Gasteiger charge is 2.22. The molecule has 25 heavy (non-hydrogen) atoms. The Morgan fingerprint density at radius 3 is 2.68 bits per heavy atom. The molecule has 0 saturated carbocycles. The molecule has 0 unspecified atom stereocenters. The van der Waals surface area contributed by atoms with Crippen molar-refractivity contribution in [1.29, 1.82) is 0 Å². The van der Waals surface area contributed by atoms with Crippen LogP contribution in [0.2, 0.25) is 0 Å². The van der Waals surface area contributed by atoms with Crippen LogP contribution in [0.4, 0.5) is 10.3 Å². The molecule has 2 aromatic heterocycles. The summed E-state index contributed by atoms with van der Waals surface area (Å²) < 4.78 is 13.5. The van der Waals surface area contributed by atoms with E-state index in [2.05, 4.69) is 24.8 Å². The molecule has 0 bridgehead atoms. The van der Waals surface area contributed by atoms with E-state index in [-0.39, 0.29) is 11.6 Å². The summed E-state index contributed by atoms with van der Waals surface area (Å²) in [5, 5.41) is 0.640. The van der Waals surface area contributed by atoms with Gasteiger partial charge in [0.2, 0.25) is 5.95 Å². The summed E-state index contributed by atoms with van der Waals surface area (Å²) in [7, 11) is 0. The zero-order valence-corrected chi connectivity index (χ0v) is 13.7. The highest BCUT2D eigenvalue weighted by molar-refractivity contribution is 6.08. The fourth-order valence-corrected chi connectivity index (χ4v) is 3.17. The van der Waals surface area contributed by atoms with E-state index in [9.17, 15) is 9.18 Å². The van der Waals surface area contributed by atoms with Gasteiger partial charge in [0, 0.05) is 61.2 Å². The van der Waals surface area contributed by atoms with Crippen LogP contribution < -0.4 is 4.90 Å². The Labute approximate surface area is 144 Å². The molecule has 0 radical (unpaired) electrons. The minimum atomic E-state index is -0.336. The van der Waals surface area contributed by atoms with Gasteiger partial charge in [-0.1, -0.05) is 0 Å². The topological polar surface area (TPSA) is 65.1 Å². The molecule has 0 atom stereocenters. The molecule has 1 aliphatic rings. The van der Waals surface area contributed by atoms with Crippen LogP contribution in [0, 0.1) is 5.82 Å². The van der Waals surface area contributed by atoms with Crippen LogP contribution in [0.25, 0.3) is 10.9 Å². The van der Waals surface area contributed by atoms with E-state index in [1.165, 1.54) is 12.1 Å². The number of benzene rings is 1. The fourth-order valence-electron chi connectivity index (χ4n) is 3.17. The number of hydrogen-bond acceptors (Lipinski definition) is 5. The van der Waals surface area contributed by atoms with Crippen LogP contribution in [0.5, 0.6) is 0 Å². The summed E-state index contributed by atoms with van der Waals surface area (Å²) in [5.74, 6) is 0.388. The summed E-state index contributed by atoms with van der Waals surface area (Å²) >= 11 is 0. The smallest absolute Gasteiger partial charge is 0.225 e. The number of fused-ring (bicyclic) bond motifs is 1. The third-order valence-electron chi connectivity index (χ3n) is 4.52. The summed E-state index contributed by atoms with van der Waals surface area (Å²) in [6, 6.07) is 6.24. The summed E-state index contributed by atoms with van der Waals surface area (Å²) in [6.07, 6.45) is 5.13. The number of nitrogens with zero attached hydrogens (tertiary/aromatic N) is 4. The first kappa shape index (κ1) is 15.7. The summed E-state index contributed by atoms with van der Waals surface area (Å²) in [6.45, 7) is 3.41. The largest absolute Gasteiger partial charge is 0.360 e. The van der Waals surface area contributed by atoms with Crippen molar-refractivity contribution < 1.29 is 9.18 Å². The maximum absolute atomic E-state index is 13.5. The lowest BCUT2D eigenvalue weighted by Crippen LogP contribution is -2.48. The van der Waals surface area contributed by atoms with Crippen LogP contribution in [-0.4, -0.2) is 58.4 Å². The molecular weight excluding hydrogens is 321 g/mol. The number of rotatable bonds is 4. The van der Waals surface area contributed by atoms with Gasteiger partial charge in [-0.05, 0) is 24.3 Å². The number of Topliss-reactive ketones (excluding diaryl/α,β-unsaturated/α-hetero) is 1. The standard InChI is InChI=1S/C18H18FN5O/c19-13-2-3-16-14(10-13)15(11-22-16)17(25)12-23-6-8-24(9-7-23)18-20-4-1-5-21-18/h1-5,10-11,22H,6-9,12H2. The number of H-pyrrole nitrogens is 1. The van der Waals surface area contributed by atoms with E-state index < -0.39 is 0 Å². The maximum atomic E-state index is 13.5. The lowest BCUT2D eigenvalue weighted by molar-refractivity contribution is 0.0928. The second-order valence-electron chi connectivity index (χ2n) is 6.13. The first-order valence-corrected chi connectivity index (χ1v) is 8.25. The van der Waals surface area contributed by atoms with Gasteiger partial charge in [-0.15, -0.1) is 0 Å². The average Bonchev–Trinajstić information content (AvgIpc) is 3.06. The van der Waals surface area contributed by atoms with Crippen LogP contribution in [-0.2, 0) is 0 Å². The number of ketones is 1. The van der Waals surface area contributed by atoms with Crippen LogP contribution >= 0.6 is 0 Å². The van der Waals surface area contributed by atoms with Crippen molar-refractivity contribution >= 4 is 22.6 Å². The molecule has 128 valence electrons. The molecular formula is C18H18FN5O. The Kier molecular flexibility index (Phi) is 4.15. The lowest BCUT2D eigenvalue weighted by Gasteiger charge is -2.34. The van der Waals surface area contributed by atoms with Crippen LogP contribution in [0.1, 0.15) is 10.4 Å². The zero-order valence-electron chi connectivity index (χ0n) is 13.7. The van der Waals surface area contributed by atoms with Gasteiger partial charge in [0.1, 0.15) is 5.82 Å². The summed E-state index contributed by atoms with van der Waals surface area (Å²) in [4.78, 5) is 28.4. The summed E-state index contributed by atoms with van der Waals surface area (Å²) in [5.41, 5.74) is 1.32. The van der Waals surface area contributed by atoms with Crippen molar-refractivity contribution in [1.82, 2.24) is 19.9 Å². The molecule has 0 aliphatic carbocycles. The zero-order chi connectivity index (χ0) is 17.2. The second-order valence-corrected chi connectivity index (χ2v) is 6.13. The molecule has 3 aromatic rings. The predicted molar refractivity (Wildman–Crippen MR) is 93.3 cm³/mol. The molecule has 1 N–H and O–H groups in total.